The van der Waals surface area contributed by atoms with Crippen molar-refractivity contribution in [2.24, 2.45) is 5.92 Å². The summed E-state index contributed by atoms with van der Waals surface area (Å²) < 4.78 is 30.7. The SMILES string of the molecule is CC1(C)C[C@@H](NC[C@H]2CCN(S(C)(=O)=O)C2)C(C)(C)O1. The minimum absolute atomic E-state index is 0.0877. The van der Waals surface area contributed by atoms with E-state index in [2.05, 4.69) is 33.0 Å². The van der Waals surface area contributed by atoms with Gasteiger partial charge in [0.1, 0.15) is 0 Å². The third-order valence-corrected chi connectivity index (χ3v) is 5.71. The summed E-state index contributed by atoms with van der Waals surface area (Å²) in [6.07, 6.45) is 3.22. The van der Waals surface area contributed by atoms with E-state index >= 15 is 0 Å². The zero-order valence-corrected chi connectivity index (χ0v) is 14.1. The van der Waals surface area contributed by atoms with Gasteiger partial charge in [-0.15, -0.1) is 0 Å². The second-order valence-corrected chi connectivity index (χ2v) is 9.39. The third kappa shape index (κ3) is 3.72. The lowest BCUT2D eigenvalue weighted by atomic mass is 9.94. The average Bonchev–Trinajstić information content (AvgIpc) is 2.76. The summed E-state index contributed by atoms with van der Waals surface area (Å²) in [5, 5.41) is 3.59. The highest BCUT2D eigenvalue weighted by Gasteiger charge is 2.45. The van der Waals surface area contributed by atoms with Gasteiger partial charge in [-0.05, 0) is 53.0 Å². The van der Waals surface area contributed by atoms with Gasteiger partial charge in [0.25, 0.3) is 0 Å². The normalized spacial score (nSPS) is 33.6. The zero-order valence-electron chi connectivity index (χ0n) is 13.3. The quantitative estimate of drug-likeness (QED) is 0.848. The summed E-state index contributed by atoms with van der Waals surface area (Å²) in [5.41, 5.74) is -0.256. The monoisotopic (exact) mass is 304 g/mol. The third-order valence-electron chi connectivity index (χ3n) is 4.44. The summed E-state index contributed by atoms with van der Waals surface area (Å²) >= 11 is 0. The maximum Gasteiger partial charge on any atom is 0.211 e. The molecule has 2 saturated heterocycles. The van der Waals surface area contributed by atoms with E-state index in [1.807, 2.05) is 0 Å². The van der Waals surface area contributed by atoms with Gasteiger partial charge in [-0.1, -0.05) is 0 Å². The highest BCUT2D eigenvalue weighted by Crippen LogP contribution is 2.37. The van der Waals surface area contributed by atoms with Crippen molar-refractivity contribution in [3.8, 4) is 0 Å². The van der Waals surface area contributed by atoms with Gasteiger partial charge >= 0.3 is 0 Å². The lowest BCUT2D eigenvalue weighted by molar-refractivity contribution is -0.0699. The Hall–Kier alpha value is -0.170. The summed E-state index contributed by atoms with van der Waals surface area (Å²) in [4.78, 5) is 0. The predicted octanol–water partition coefficient (Wildman–Crippen LogP) is 1.20. The zero-order chi connectivity index (χ0) is 15.2. The molecule has 2 heterocycles. The van der Waals surface area contributed by atoms with Crippen LogP contribution < -0.4 is 5.32 Å². The molecule has 20 heavy (non-hydrogen) atoms. The van der Waals surface area contributed by atoms with Crippen LogP contribution in [-0.2, 0) is 14.8 Å². The van der Waals surface area contributed by atoms with Gasteiger partial charge in [0, 0.05) is 19.1 Å². The van der Waals surface area contributed by atoms with Crippen LogP contribution in [0.2, 0.25) is 0 Å². The van der Waals surface area contributed by atoms with Crippen LogP contribution in [0.1, 0.15) is 40.5 Å². The molecular formula is C14H28N2O3S. The fourth-order valence-corrected chi connectivity index (χ4v) is 4.37. The van der Waals surface area contributed by atoms with Gasteiger partial charge in [-0.3, -0.25) is 0 Å². The molecule has 2 aliphatic heterocycles. The molecule has 2 aliphatic rings. The number of hydrogen-bond donors (Lipinski definition) is 1. The van der Waals surface area contributed by atoms with E-state index in [1.54, 1.807) is 4.31 Å². The molecule has 2 rings (SSSR count). The Morgan fingerprint density at radius 1 is 1.30 bits per heavy atom. The molecule has 5 nitrogen and oxygen atoms in total. The summed E-state index contributed by atoms with van der Waals surface area (Å²) in [5.74, 6) is 0.407. The van der Waals surface area contributed by atoms with E-state index in [4.69, 9.17) is 4.74 Å². The molecule has 0 unspecified atom stereocenters. The Balaban J connectivity index is 1.85. The number of nitrogens with one attached hydrogen (secondary N) is 1. The van der Waals surface area contributed by atoms with E-state index < -0.39 is 10.0 Å². The largest absolute Gasteiger partial charge is 0.368 e. The van der Waals surface area contributed by atoms with Crippen LogP contribution >= 0.6 is 0 Å². The molecule has 0 aromatic rings. The van der Waals surface area contributed by atoms with Crippen molar-refractivity contribution in [1.29, 1.82) is 0 Å². The lowest BCUT2D eigenvalue weighted by Gasteiger charge is -2.28. The lowest BCUT2D eigenvalue weighted by Crippen LogP contribution is -2.45. The van der Waals surface area contributed by atoms with Crippen LogP contribution in [0.5, 0.6) is 0 Å². The van der Waals surface area contributed by atoms with Crippen molar-refractivity contribution in [1.82, 2.24) is 9.62 Å². The maximum atomic E-state index is 11.5. The number of rotatable bonds is 4. The Labute approximate surface area is 123 Å². The first-order valence-corrected chi connectivity index (χ1v) is 9.23. The molecule has 0 radical (unpaired) electrons. The van der Waals surface area contributed by atoms with Crippen LogP contribution in [0.15, 0.2) is 0 Å². The Morgan fingerprint density at radius 2 is 1.95 bits per heavy atom. The summed E-state index contributed by atoms with van der Waals surface area (Å²) in [6.45, 7) is 10.6. The second kappa shape index (κ2) is 5.23. The molecule has 0 spiro atoms. The van der Waals surface area contributed by atoms with Gasteiger partial charge in [-0.25, -0.2) is 12.7 Å². The van der Waals surface area contributed by atoms with Gasteiger partial charge in [0.2, 0.25) is 10.0 Å². The summed E-state index contributed by atoms with van der Waals surface area (Å²) in [6, 6.07) is 0.324. The van der Waals surface area contributed by atoms with Crippen molar-refractivity contribution in [2.45, 2.75) is 57.8 Å². The molecule has 0 saturated carbocycles. The minimum atomic E-state index is -3.03. The van der Waals surface area contributed by atoms with E-state index in [0.29, 0.717) is 25.0 Å². The van der Waals surface area contributed by atoms with E-state index in [9.17, 15) is 8.42 Å². The van der Waals surface area contributed by atoms with E-state index in [1.165, 1.54) is 6.26 Å². The fraction of sp³-hybridized carbons (Fsp3) is 1.00. The molecule has 0 aromatic carbocycles. The molecule has 0 amide bonds. The van der Waals surface area contributed by atoms with Crippen LogP contribution in [-0.4, -0.2) is 55.9 Å². The molecule has 0 bridgehead atoms. The van der Waals surface area contributed by atoms with Gasteiger partial charge < -0.3 is 10.1 Å². The molecule has 2 atom stereocenters. The van der Waals surface area contributed by atoms with Gasteiger partial charge in [0.05, 0.1) is 17.5 Å². The van der Waals surface area contributed by atoms with Crippen LogP contribution in [0, 0.1) is 5.92 Å². The molecule has 0 aliphatic carbocycles. The topological polar surface area (TPSA) is 58.6 Å². The first kappa shape index (κ1) is 16.2. The Bertz CT molecular complexity index is 459. The number of ether oxygens (including phenoxy) is 1. The first-order valence-electron chi connectivity index (χ1n) is 7.38. The van der Waals surface area contributed by atoms with Crippen molar-refractivity contribution in [3.05, 3.63) is 0 Å². The Morgan fingerprint density at radius 3 is 2.40 bits per heavy atom. The number of nitrogens with zero attached hydrogens (tertiary/aromatic N) is 1. The molecule has 2 fully saturated rings. The van der Waals surface area contributed by atoms with Gasteiger partial charge in [0.15, 0.2) is 0 Å². The van der Waals surface area contributed by atoms with E-state index in [-0.39, 0.29) is 11.2 Å². The second-order valence-electron chi connectivity index (χ2n) is 7.41. The summed E-state index contributed by atoms with van der Waals surface area (Å²) in [7, 11) is -3.03. The van der Waals surface area contributed by atoms with Crippen LogP contribution in [0.25, 0.3) is 0 Å². The fourth-order valence-electron chi connectivity index (χ4n) is 3.45. The highest BCUT2D eigenvalue weighted by atomic mass is 32.2. The maximum absolute atomic E-state index is 11.5. The van der Waals surface area contributed by atoms with Crippen molar-refractivity contribution in [2.75, 3.05) is 25.9 Å². The first-order chi connectivity index (χ1) is 9.00. The number of sulfonamides is 1. The van der Waals surface area contributed by atoms with Crippen molar-refractivity contribution in [3.63, 3.8) is 0 Å². The van der Waals surface area contributed by atoms with Crippen LogP contribution in [0.3, 0.4) is 0 Å². The minimum Gasteiger partial charge on any atom is -0.368 e. The van der Waals surface area contributed by atoms with Gasteiger partial charge in [-0.2, -0.15) is 0 Å². The average molecular weight is 304 g/mol. The van der Waals surface area contributed by atoms with Crippen LogP contribution in [0.4, 0.5) is 0 Å². The molecule has 6 heteroatoms. The molecule has 118 valence electrons. The van der Waals surface area contributed by atoms with Crippen molar-refractivity contribution >= 4 is 10.0 Å². The highest BCUT2D eigenvalue weighted by molar-refractivity contribution is 7.88. The molecule has 0 aromatic heterocycles. The predicted molar refractivity (Wildman–Crippen MR) is 80.2 cm³/mol. The molecule has 1 N–H and O–H groups in total. The standard InChI is InChI=1S/C14H28N2O3S/c1-13(2)8-12(14(3,4)19-13)15-9-11-6-7-16(10-11)20(5,17)18/h11-12,15H,6-10H2,1-5H3/t11-,12-/m1/s1. The Kier molecular flexibility index (Phi) is 4.24. The molecular weight excluding hydrogens is 276 g/mol. The van der Waals surface area contributed by atoms with Crippen molar-refractivity contribution < 1.29 is 13.2 Å². The smallest absolute Gasteiger partial charge is 0.211 e. The van der Waals surface area contributed by atoms with E-state index in [0.717, 1.165) is 19.4 Å². The number of hydrogen-bond acceptors (Lipinski definition) is 4.